The molecule has 0 radical (unpaired) electrons. The van der Waals surface area contributed by atoms with Gasteiger partial charge in [0.05, 0.1) is 0 Å². The number of benzene rings is 1. The minimum absolute atomic E-state index is 0.505. The van der Waals surface area contributed by atoms with Gasteiger partial charge in [-0.25, -0.2) is 0 Å². The van der Waals surface area contributed by atoms with Crippen molar-refractivity contribution in [3.63, 3.8) is 0 Å². The van der Waals surface area contributed by atoms with E-state index in [0.29, 0.717) is 5.41 Å². The van der Waals surface area contributed by atoms with Crippen molar-refractivity contribution in [3.05, 3.63) is 23.8 Å². The van der Waals surface area contributed by atoms with Crippen molar-refractivity contribution in [2.24, 2.45) is 5.41 Å². The summed E-state index contributed by atoms with van der Waals surface area (Å²) in [5, 5.41) is 0. The van der Waals surface area contributed by atoms with Crippen LogP contribution >= 0.6 is 0 Å². The first kappa shape index (κ1) is 11.3. The molecule has 16 heavy (non-hydrogen) atoms. The van der Waals surface area contributed by atoms with E-state index < -0.39 is 0 Å². The van der Waals surface area contributed by atoms with Gasteiger partial charge in [0, 0.05) is 24.5 Å². The summed E-state index contributed by atoms with van der Waals surface area (Å²) in [5.74, 6) is 0. The average molecular weight is 218 g/mol. The molecule has 0 unspecified atom stereocenters. The van der Waals surface area contributed by atoms with Crippen LogP contribution in [0.5, 0.6) is 0 Å². The molecule has 2 rings (SSSR count). The van der Waals surface area contributed by atoms with Crippen molar-refractivity contribution in [1.82, 2.24) is 0 Å². The largest absolute Gasteiger partial charge is 0.398 e. The van der Waals surface area contributed by atoms with Crippen LogP contribution in [0.2, 0.25) is 0 Å². The number of hydrogen-bond acceptors (Lipinski definition) is 2. The topological polar surface area (TPSA) is 29.3 Å². The summed E-state index contributed by atoms with van der Waals surface area (Å²) in [5.41, 5.74) is 9.90. The van der Waals surface area contributed by atoms with E-state index in [1.165, 1.54) is 24.1 Å². The summed E-state index contributed by atoms with van der Waals surface area (Å²) in [6.45, 7) is 9.13. The van der Waals surface area contributed by atoms with E-state index in [1.807, 2.05) is 6.07 Å². The molecule has 0 amide bonds. The van der Waals surface area contributed by atoms with E-state index in [1.54, 1.807) is 0 Å². The molecule has 88 valence electrons. The highest BCUT2D eigenvalue weighted by atomic mass is 15.1. The summed E-state index contributed by atoms with van der Waals surface area (Å²) in [6, 6.07) is 6.22. The molecule has 0 saturated carbocycles. The van der Waals surface area contributed by atoms with E-state index in [2.05, 4.69) is 37.8 Å². The van der Waals surface area contributed by atoms with Gasteiger partial charge in [-0.3, -0.25) is 0 Å². The lowest BCUT2D eigenvalue weighted by atomic mass is 9.82. The third-order valence-corrected chi connectivity index (χ3v) is 3.80. The molecular formula is C14H22N2. The molecule has 0 aromatic heterocycles. The zero-order chi connectivity index (χ0) is 11.8. The molecule has 1 aromatic rings. The predicted molar refractivity (Wildman–Crippen MR) is 70.8 cm³/mol. The number of nitrogens with two attached hydrogens (primary N) is 1. The van der Waals surface area contributed by atoms with Gasteiger partial charge in [-0.05, 0) is 42.9 Å². The fourth-order valence-corrected chi connectivity index (χ4v) is 2.34. The van der Waals surface area contributed by atoms with E-state index in [0.717, 1.165) is 18.8 Å². The van der Waals surface area contributed by atoms with Crippen LogP contribution in [0.1, 0.15) is 32.3 Å². The van der Waals surface area contributed by atoms with Crippen LogP contribution in [0.3, 0.4) is 0 Å². The maximum atomic E-state index is 5.95. The van der Waals surface area contributed by atoms with Crippen LogP contribution in [0.4, 0.5) is 11.4 Å². The molecular weight excluding hydrogens is 196 g/mol. The Balaban J connectivity index is 2.17. The molecule has 1 aromatic carbocycles. The molecule has 0 aliphatic carbocycles. The van der Waals surface area contributed by atoms with E-state index in [-0.39, 0.29) is 0 Å². The van der Waals surface area contributed by atoms with Gasteiger partial charge < -0.3 is 10.6 Å². The molecule has 1 heterocycles. The molecule has 2 N–H and O–H groups in total. The second kappa shape index (κ2) is 4.00. The summed E-state index contributed by atoms with van der Waals surface area (Å²) < 4.78 is 0. The number of hydrogen-bond donors (Lipinski definition) is 1. The Labute approximate surface area is 98.4 Å². The lowest BCUT2D eigenvalue weighted by Crippen LogP contribution is -2.37. The standard InChI is InChI=1S/C14H22N2/c1-11-12(15)5-4-6-13(11)16-9-7-14(2,3)8-10-16/h4-6H,7-10,15H2,1-3H3. The van der Waals surface area contributed by atoms with Crippen LogP contribution in [-0.4, -0.2) is 13.1 Å². The predicted octanol–water partition coefficient (Wildman–Crippen LogP) is 3.20. The zero-order valence-corrected chi connectivity index (χ0v) is 10.6. The highest BCUT2D eigenvalue weighted by molar-refractivity contribution is 5.64. The van der Waals surface area contributed by atoms with Crippen LogP contribution in [-0.2, 0) is 0 Å². The van der Waals surface area contributed by atoms with Gasteiger partial charge in [0.25, 0.3) is 0 Å². The number of rotatable bonds is 1. The minimum atomic E-state index is 0.505. The molecule has 0 bridgehead atoms. The number of piperidine rings is 1. The number of nitrogen functional groups attached to an aromatic ring is 1. The molecule has 0 atom stereocenters. The molecule has 1 aliphatic heterocycles. The highest BCUT2D eigenvalue weighted by Crippen LogP contribution is 2.34. The lowest BCUT2D eigenvalue weighted by Gasteiger charge is -2.39. The van der Waals surface area contributed by atoms with Crippen molar-refractivity contribution >= 4 is 11.4 Å². The maximum Gasteiger partial charge on any atom is 0.0416 e. The molecule has 0 spiro atoms. The van der Waals surface area contributed by atoms with E-state index in [9.17, 15) is 0 Å². The quantitative estimate of drug-likeness (QED) is 0.733. The van der Waals surface area contributed by atoms with Gasteiger partial charge in [0.15, 0.2) is 0 Å². The Hall–Kier alpha value is -1.18. The maximum absolute atomic E-state index is 5.95. The van der Waals surface area contributed by atoms with Gasteiger partial charge in [0.1, 0.15) is 0 Å². The van der Waals surface area contributed by atoms with E-state index in [4.69, 9.17) is 5.73 Å². The summed E-state index contributed by atoms with van der Waals surface area (Å²) in [6.07, 6.45) is 2.53. The first-order valence-corrected chi connectivity index (χ1v) is 6.10. The first-order chi connectivity index (χ1) is 7.49. The van der Waals surface area contributed by atoms with Crippen molar-refractivity contribution in [3.8, 4) is 0 Å². The monoisotopic (exact) mass is 218 g/mol. The molecule has 2 heteroatoms. The van der Waals surface area contributed by atoms with Gasteiger partial charge in [-0.2, -0.15) is 0 Å². The lowest BCUT2D eigenvalue weighted by molar-refractivity contribution is 0.279. The van der Waals surface area contributed by atoms with Crippen LogP contribution in [0.15, 0.2) is 18.2 Å². The number of nitrogens with zero attached hydrogens (tertiary/aromatic N) is 1. The molecule has 1 aliphatic rings. The van der Waals surface area contributed by atoms with Crippen molar-refractivity contribution in [2.75, 3.05) is 23.7 Å². The Bertz CT molecular complexity index is 372. The second-order valence-corrected chi connectivity index (χ2v) is 5.64. The average Bonchev–Trinajstić information content (AvgIpc) is 2.23. The van der Waals surface area contributed by atoms with Gasteiger partial charge >= 0.3 is 0 Å². The fourth-order valence-electron chi connectivity index (χ4n) is 2.34. The second-order valence-electron chi connectivity index (χ2n) is 5.64. The van der Waals surface area contributed by atoms with Crippen LogP contribution < -0.4 is 10.6 Å². The minimum Gasteiger partial charge on any atom is -0.398 e. The third-order valence-electron chi connectivity index (χ3n) is 3.80. The summed E-state index contributed by atoms with van der Waals surface area (Å²) >= 11 is 0. The first-order valence-electron chi connectivity index (χ1n) is 6.10. The third kappa shape index (κ3) is 2.16. The number of anilines is 2. The van der Waals surface area contributed by atoms with Crippen LogP contribution in [0, 0.1) is 12.3 Å². The normalized spacial score (nSPS) is 19.8. The smallest absolute Gasteiger partial charge is 0.0416 e. The van der Waals surface area contributed by atoms with Crippen molar-refractivity contribution < 1.29 is 0 Å². The molecule has 2 nitrogen and oxygen atoms in total. The zero-order valence-electron chi connectivity index (χ0n) is 10.6. The molecule has 1 saturated heterocycles. The highest BCUT2D eigenvalue weighted by Gasteiger charge is 2.26. The van der Waals surface area contributed by atoms with Gasteiger partial charge in [-0.15, -0.1) is 0 Å². The van der Waals surface area contributed by atoms with Gasteiger partial charge in [-0.1, -0.05) is 19.9 Å². The SMILES string of the molecule is Cc1c(N)cccc1N1CCC(C)(C)CC1. The Morgan fingerprint density at radius 3 is 2.44 bits per heavy atom. The van der Waals surface area contributed by atoms with Crippen molar-refractivity contribution in [1.29, 1.82) is 0 Å². The van der Waals surface area contributed by atoms with E-state index >= 15 is 0 Å². The summed E-state index contributed by atoms with van der Waals surface area (Å²) in [4.78, 5) is 2.47. The van der Waals surface area contributed by atoms with Gasteiger partial charge in [0.2, 0.25) is 0 Å². The Morgan fingerprint density at radius 2 is 1.81 bits per heavy atom. The van der Waals surface area contributed by atoms with Crippen LogP contribution in [0.25, 0.3) is 0 Å². The van der Waals surface area contributed by atoms with Crippen molar-refractivity contribution in [2.45, 2.75) is 33.6 Å². The fraction of sp³-hybridized carbons (Fsp3) is 0.571. The summed E-state index contributed by atoms with van der Waals surface area (Å²) in [7, 11) is 0. The Kier molecular flexibility index (Phi) is 2.83. The Morgan fingerprint density at radius 1 is 1.19 bits per heavy atom. The molecule has 1 fully saturated rings.